The predicted molar refractivity (Wildman–Crippen MR) is 102 cm³/mol. The SMILES string of the molecule is Cc1ccc(-c2csc(NC(=O)c3ccc4c(c3)OCO4)c2C(=O)O)cc1. The maximum Gasteiger partial charge on any atom is 0.339 e. The summed E-state index contributed by atoms with van der Waals surface area (Å²) in [6.45, 7) is 2.08. The molecule has 3 aromatic rings. The van der Waals surface area contributed by atoms with Gasteiger partial charge < -0.3 is 19.9 Å². The number of hydrogen-bond acceptors (Lipinski definition) is 5. The molecule has 1 amide bonds. The van der Waals surface area contributed by atoms with Crippen molar-refractivity contribution in [3.63, 3.8) is 0 Å². The minimum absolute atomic E-state index is 0.0814. The molecule has 0 unspecified atom stereocenters. The first-order valence-electron chi connectivity index (χ1n) is 8.16. The Bertz CT molecular complexity index is 1040. The first-order valence-corrected chi connectivity index (χ1v) is 9.04. The van der Waals surface area contributed by atoms with E-state index in [2.05, 4.69) is 5.32 Å². The summed E-state index contributed by atoms with van der Waals surface area (Å²) in [4.78, 5) is 24.4. The molecule has 1 aromatic heterocycles. The molecule has 0 spiro atoms. The van der Waals surface area contributed by atoms with Crippen molar-refractivity contribution < 1.29 is 24.2 Å². The lowest BCUT2D eigenvalue weighted by molar-refractivity contribution is 0.0699. The third kappa shape index (κ3) is 3.24. The van der Waals surface area contributed by atoms with Gasteiger partial charge in [-0.3, -0.25) is 4.79 Å². The number of carboxylic acid groups (broad SMARTS) is 1. The maximum atomic E-state index is 12.6. The molecule has 0 saturated heterocycles. The Balaban J connectivity index is 1.65. The van der Waals surface area contributed by atoms with Crippen molar-refractivity contribution in [3.05, 3.63) is 64.5 Å². The van der Waals surface area contributed by atoms with Gasteiger partial charge in [0.15, 0.2) is 11.5 Å². The predicted octanol–water partition coefficient (Wildman–Crippen LogP) is 4.40. The average molecular weight is 381 g/mol. The molecular weight excluding hydrogens is 366 g/mol. The van der Waals surface area contributed by atoms with Crippen LogP contribution in [0.3, 0.4) is 0 Å². The van der Waals surface area contributed by atoms with E-state index in [-0.39, 0.29) is 12.4 Å². The van der Waals surface area contributed by atoms with E-state index in [0.29, 0.717) is 27.6 Å². The van der Waals surface area contributed by atoms with Crippen LogP contribution in [-0.4, -0.2) is 23.8 Å². The van der Waals surface area contributed by atoms with Gasteiger partial charge in [-0.1, -0.05) is 29.8 Å². The van der Waals surface area contributed by atoms with E-state index in [4.69, 9.17) is 9.47 Å². The highest BCUT2D eigenvalue weighted by Gasteiger charge is 2.22. The zero-order valence-corrected chi connectivity index (χ0v) is 15.1. The standard InChI is InChI=1S/C20H15NO5S/c1-11-2-4-12(5-3-11)14-9-27-19(17(14)20(23)24)21-18(22)13-6-7-15-16(8-13)26-10-25-15/h2-9H,10H2,1H3,(H,21,22)(H,23,24). The van der Waals surface area contributed by atoms with Crippen molar-refractivity contribution in [2.75, 3.05) is 12.1 Å². The molecule has 27 heavy (non-hydrogen) atoms. The highest BCUT2D eigenvalue weighted by molar-refractivity contribution is 7.15. The van der Waals surface area contributed by atoms with E-state index >= 15 is 0 Å². The van der Waals surface area contributed by atoms with Crippen LogP contribution >= 0.6 is 11.3 Å². The summed E-state index contributed by atoms with van der Waals surface area (Å²) in [5.41, 5.74) is 2.90. The number of nitrogens with one attached hydrogen (secondary N) is 1. The number of carboxylic acids is 1. The van der Waals surface area contributed by atoms with Crippen molar-refractivity contribution in [1.82, 2.24) is 0 Å². The van der Waals surface area contributed by atoms with Gasteiger partial charge in [0.25, 0.3) is 5.91 Å². The molecule has 0 saturated carbocycles. The fourth-order valence-electron chi connectivity index (χ4n) is 2.82. The highest BCUT2D eigenvalue weighted by Crippen LogP contribution is 2.37. The molecule has 2 aromatic carbocycles. The van der Waals surface area contributed by atoms with Gasteiger partial charge in [0.05, 0.1) is 0 Å². The zero-order chi connectivity index (χ0) is 19.0. The summed E-state index contributed by atoms with van der Waals surface area (Å²) in [5.74, 6) is -0.427. The molecule has 6 nitrogen and oxygen atoms in total. The quantitative estimate of drug-likeness (QED) is 0.700. The number of ether oxygens (including phenoxy) is 2. The molecule has 0 bridgehead atoms. The Hall–Kier alpha value is -3.32. The topological polar surface area (TPSA) is 84.9 Å². The van der Waals surface area contributed by atoms with Gasteiger partial charge in [-0.2, -0.15) is 0 Å². The molecule has 0 fully saturated rings. The van der Waals surface area contributed by atoms with Crippen LogP contribution in [0.2, 0.25) is 0 Å². The summed E-state index contributed by atoms with van der Waals surface area (Å²) in [6.07, 6.45) is 0. The smallest absolute Gasteiger partial charge is 0.339 e. The van der Waals surface area contributed by atoms with E-state index < -0.39 is 11.9 Å². The minimum Gasteiger partial charge on any atom is -0.478 e. The van der Waals surface area contributed by atoms with Gasteiger partial charge in [-0.15, -0.1) is 11.3 Å². The molecule has 4 rings (SSSR count). The highest BCUT2D eigenvalue weighted by atomic mass is 32.1. The number of hydrogen-bond donors (Lipinski definition) is 2. The molecule has 0 aliphatic carbocycles. The second-order valence-electron chi connectivity index (χ2n) is 6.05. The average Bonchev–Trinajstić information content (AvgIpc) is 3.28. The van der Waals surface area contributed by atoms with E-state index in [1.165, 1.54) is 11.3 Å². The number of carbonyl (C=O) groups is 2. The second-order valence-corrected chi connectivity index (χ2v) is 6.93. The van der Waals surface area contributed by atoms with Crippen LogP contribution in [0.15, 0.2) is 47.8 Å². The lowest BCUT2D eigenvalue weighted by Gasteiger charge is -2.07. The van der Waals surface area contributed by atoms with Gasteiger partial charge >= 0.3 is 5.97 Å². The number of anilines is 1. The van der Waals surface area contributed by atoms with Crippen LogP contribution in [0, 0.1) is 6.92 Å². The molecule has 1 aliphatic heterocycles. The van der Waals surface area contributed by atoms with Crippen molar-refractivity contribution >= 4 is 28.2 Å². The number of aryl methyl sites for hydroxylation is 1. The molecule has 7 heteroatoms. The number of rotatable bonds is 4. The molecule has 2 heterocycles. The van der Waals surface area contributed by atoms with Gasteiger partial charge in [-0.05, 0) is 30.7 Å². The van der Waals surface area contributed by atoms with Crippen LogP contribution in [0.5, 0.6) is 11.5 Å². The third-order valence-corrected chi connectivity index (χ3v) is 5.12. The van der Waals surface area contributed by atoms with Crippen LogP contribution in [0.25, 0.3) is 11.1 Å². The third-order valence-electron chi connectivity index (χ3n) is 4.23. The van der Waals surface area contributed by atoms with Gasteiger partial charge in [-0.25, -0.2) is 4.79 Å². The molecule has 136 valence electrons. The summed E-state index contributed by atoms with van der Waals surface area (Å²) in [7, 11) is 0. The Morgan fingerprint density at radius 1 is 1.07 bits per heavy atom. The second kappa shape index (κ2) is 6.77. The first-order chi connectivity index (χ1) is 13.0. The number of fused-ring (bicyclic) bond motifs is 1. The van der Waals surface area contributed by atoms with Crippen LogP contribution in [0.4, 0.5) is 5.00 Å². The fraction of sp³-hybridized carbons (Fsp3) is 0.100. The van der Waals surface area contributed by atoms with Crippen molar-refractivity contribution in [1.29, 1.82) is 0 Å². The minimum atomic E-state index is -1.09. The van der Waals surface area contributed by atoms with E-state index in [1.54, 1.807) is 23.6 Å². The number of thiophene rings is 1. The zero-order valence-electron chi connectivity index (χ0n) is 14.3. The summed E-state index contributed by atoms with van der Waals surface area (Å²) >= 11 is 1.18. The molecule has 2 N–H and O–H groups in total. The van der Waals surface area contributed by atoms with Gasteiger partial charge in [0.2, 0.25) is 6.79 Å². The lowest BCUT2D eigenvalue weighted by Crippen LogP contribution is -2.13. The summed E-state index contributed by atoms with van der Waals surface area (Å²) in [5, 5.41) is 14.4. The fourth-order valence-corrected chi connectivity index (χ4v) is 3.78. The van der Waals surface area contributed by atoms with Gasteiger partial charge in [0.1, 0.15) is 10.6 Å². The number of aromatic carboxylic acids is 1. The normalized spacial score (nSPS) is 12.0. The number of amides is 1. The molecule has 1 aliphatic rings. The Labute approximate surface area is 159 Å². The van der Waals surface area contributed by atoms with Crippen molar-refractivity contribution in [3.8, 4) is 22.6 Å². The summed E-state index contributed by atoms with van der Waals surface area (Å²) in [6, 6.07) is 12.4. The molecule has 0 atom stereocenters. The molecular formula is C20H15NO5S. The van der Waals surface area contributed by atoms with Crippen LogP contribution in [-0.2, 0) is 0 Å². The first kappa shape index (κ1) is 17.1. The molecule has 0 radical (unpaired) electrons. The van der Waals surface area contributed by atoms with Crippen LogP contribution in [0.1, 0.15) is 26.3 Å². The lowest BCUT2D eigenvalue weighted by atomic mass is 10.0. The number of carbonyl (C=O) groups excluding carboxylic acids is 1. The van der Waals surface area contributed by atoms with Crippen LogP contribution < -0.4 is 14.8 Å². The number of benzene rings is 2. The van der Waals surface area contributed by atoms with E-state index in [0.717, 1.165) is 11.1 Å². The Kier molecular flexibility index (Phi) is 4.29. The Morgan fingerprint density at radius 3 is 2.56 bits per heavy atom. The van der Waals surface area contributed by atoms with Gasteiger partial charge in [0, 0.05) is 16.5 Å². The Morgan fingerprint density at radius 2 is 1.81 bits per heavy atom. The van der Waals surface area contributed by atoms with E-state index in [9.17, 15) is 14.7 Å². The maximum absolute atomic E-state index is 12.6. The van der Waals surface area contributed by atoms with Crippen molar-refractivity contribution in [2.45, 2.75) is 6.92 Å². The largest absolute Gasteiger partial charge is 0.478 e. The monoisotopic (exact) mass is 381 g/mol. The summed E-state index contributed by atoms with van der Waals surface area (Å²) < 4.78 is 10.5. The van der Waals surface area contributed by atoms with Crippen molar-refractivity contribution in [2.24, 2.45) is 0 Å². The van der Waals surface area contributed by atoms with E-state index in [1.807, 2.05) is 31.2 Å².